The number of rotatable bonds is 4. The molecule has 0 aromatic heterocycles. The van der Waals surface area contributed by atoms with Gasteiger partial charge in [-0.3, -0.25) is 4.79 Å². The summed E-state index contributed by atoms with van der Waals surface area (Å²) in [5, 5.41) is 15.0. The van der Waals surface area contributed by atoms with Gasteiger partial charge in [-0.05, 0) is 22.9 Å². The van der Waals surface area contributed by atoms with Crippen molar-refractivity contribution in [2.45, 2.75) is 0 Å². The summed E-state index contributed by atoms with van der Waals surface area (Å²) in [5.74, 6) is 0.224. The van der Waals surface area contributed by atoms with Gasteiger partial charge in [0.05, 0.1) is 30.5 Å². The van der Waals surface area contributed by atoms with Gasteiger partial charge in [0, 0.05) is 41.7 Å². The van der Waals surface area contributed by atoms with Crippen molar-refractivity contribution < 1.29 is 19.4 Å². The molecule has 2 N–H and O–H groups in total. The Labute approximate surface area is 178 Å². The zero-order chi connectivity index (χ0) is 18.0. The molecule has 26 heavy (non-hydrogen) atoms. The number of benzene rings is 3. The van der Waals surface area contributed by atoms with Gasteiger partial charge in [-0.25, -0.2) is 0 Å². The van der Waals surface area contributed by atoms with E-state index in [9.17, 15) is 9.90 Å². The average molecular weight is 381 g/mol. The van der Waals surface area contributed by atoms with E-state index in [-0.39, 0.29) is 40.9 Å². The number of carbonyl (C=O) groups is 1. The second-order valence-corrected chi connectivity index (χ2v) is 5.76. The molecule has 0 fully saturated rings. The van der Waals surface area contributed by atoms with Gasteiger partial charge in [-0.2, -0.15) is 0 Å². The van der Waals surface area contributed by atoms with Crippen molar-refractivity contribution in [3.05, 3.63) is 59.1 Å². The van der Waals surface area contributed by atoms with Crippen LogP contribution in [0.1, 0.15) is 10.4 Å². The minimum atomic E-state index is -0.467. The predicted octanol–water partition coefficient (Wildman–Crippen LogP) is 4.09. The molecule has 3 rings (SSSR count). The van der Waals surface area contributed by atoms with Crippen molar-refractivity contribution in [1.82, 2.24) is 0 Å². The van der Waals surface area contributed by atoms with Gasteiger partial charge >= 0.3 is 0 Å². The van der Waals surface area contributed by atoms with E-state index >= 15 is 0 Å². The Kier molecular flexibility index (Phi) is 6.78. The molecule has 1 amide bonds. The molecule has 5 nitrogen and oxygen atoms in total. The summed E-state index contributed by atoms with van der Waals surface area (Å²) < 4.78 is 10.4. The number of fused-ring (bicyclic) bond motifs is 1. The SMILES string of the molecule is COc1cc(NC(=O)c2cc3ccccc3cc2O)c(OC)cc1Cl.[Na]. The first-order chi connectivity index (χ1) is 12.0. The van der Waals surface area contributed by atoms with Gasteiger partial charge in [0.15, 0.2) is 0 Å². The molecule has 3 aromatic carbocycles. The smallest absolute Gasteiger partial charge is 0.259 e. The number of halogens is 1. The molecule has 129 valence electrons. The fourth-order valence-corrected chi connectivity index (χ4v) is 2.79. The standard InChI is InChI=1S/C19H16ClNO4.Na/c1-24-17-10-15(18(25-2)9-14(17)20)21-19(23)13-7-11-5-3-4-6-12(11)8-16(13)22;/h3-10,22H,1-2H3,(H,21,23);. The monoisotopic (exact) mass is 380 g/mol. The Morgan fingerprint density at radius 3 is 2.23 bits per heavy atom. The number of ether oxygens (including phenoxy) is 2. The molecule has 7 heteroatoms. The topological polar surface area (TPSA) is 67.8 Å². The van der Waals surface area contributed by atoms with E-state index in [1.807, 2.05) is 24.3 Å². The maximum atomic E-state index is 12.6. The quantitative estimate of drug-likeness (QED) is 0.669. The molecule has 0 bridgehead atoms. The molecule has 0 aliphatic carbocycles. The maximum absolute atomic E-state index is 12.6. The maximum Gasteiger partial charge on any atom is 0.259 e. The van der Waals surface area contributed by atoms with Gasteiger partial charge in [0.25, 0.3) is 5.91 Å². The van der Waals surface area contributed by atoms with Crippen LogP contribution in [-0.2, 0) is 0 Å². The number of amides is 1. The minimum absolute atomic E-state index is 0. The van der Waals surface area contributed by atoms with E-state index in [4.69, 9.17) is 21.1 Å². The Hall–Kier alpha value is -1.92. The summed E-state index contributed by atoms with van der Waals surface area (Å²) in [7, 11) is 2.95. The normalized spacial score (nSPS) is 10.1. The summed E-state index contributed by atoms with van der Waals surface area (Å²) in [6.45, 7) is 0. The number of phenolic OH excluding ortho intramolecular Hbond substituents is 1. The molecule has 3 aromatic rings. The Bertz CT molecular complexity index is 962. The Balaban J connectivity index is 0.00000243. The van der Waals surface area contributed by atoms with Gasteiger partial charge in [0.2, 0.25) is 0 Å². The molecule has 0 aliphatic heterocycles. The number of hydrogen-bond acceptors (Lipinski definition) is 4. The summed E-state index contributed by atoms with van der Waals surface area (Å²) in [6, 6.07) is 13.8. The zero-order valence-electron chi connectivity index (χ0n) is 14.7. The van der Waals surface area contributed by atoms with Crippen LogP contribution in [0.4, 0.5) is 5.69 Å². The van der Waals surface area contributed by atoms with Crippen LogP contribution >= 0.6 is 11.6 Å². The fraction of sp³-hybridized carbons (Fsp3) is 0.105. The largest absolute Gasteiger partial charge is 0.507 e. The third kappa shape index (κ3) is 4.07. The van der Waals surface area contributed by atoms with Crippen molar-refractivity contribution >= 4 is 63.5 Å². The summed E-state index contributed by atoms with van der Waals surface area (Å²) in [4.78, 5) is 12.6. The zero-order valence-corrected chi connectivity index (χ0v) is 17.4. The van der Waals surface area contributed by atoms with Crippen LogP contribution < -0.4 is 14.8 Å². The van der Waals surface area contributed by atoms with Crippen molar-refractivity contribution in [3.8, 4) is 17.2 Å². The molecular weight excluding hydrogens is 365 g/mol. The van der Waals surface area contributed by atoms with E-state index < -0.39 is 5.91 Å². The number of nitrogens with one attached hydrogen (secondary N) is 1. The van der Waals surface area contributed by atoms with Gasteiger partial charge in [-0.1, -0.05) is 35.9 Å². The first-order valence-corrected chi connectivity index (χ1v) is 7.86. The Morgan fingerprint density at radius 2 is 1.62 bits per heavy atom. The summed E-state index contributed by atoms with van der Waals surface area (Å²) >= 11 is 6.07. The van der Waals surface area contributed by atoms with E-state index in [0.29, 0.717) is 22.2 Å². The first-order valence-electron chi connectivity index (χ1n) is 7.48. The minimum Gasteiger partial charge on any atom is -0.507 e. The molecule has 0 unspecified atom stereocenters. The van der Waals surface area contributed by atoms with Crippen LogP contribution in [0.5, 0.6) is 17.2 Å². The third-order valence-electron chi connectivity index (χ3n) is 3.83. The van der Waals surface area contributed by atoms with E-state index in [2.05, 4.69) is 5.32 Å². The van der Waals surface area contributed by atoms with E-state index in [1.54, 1.807) is 24.3 Å². The molecule has 0 saturated carbocycles. The van der Waals surface area contributed by atoms with Crippen LogP contribution in [-0.4, -0.2) is 54.8 Å². The Morgan fingerprint density at radius 1 is 1.00 bits per heavy atom. The van der Waals surface area contributed by atoms with Gasteiger partial charge < -0.3 is 19.9 Å². The van der Waals surface area contributed by atoms with Crippen LogP contribution in [0.15, 0.2) is 48.5 Å². The third-order valence-corrected chi connectivity index (χ3v) is 4.13. The van der Waals surface area contributed by atoms with Crippen LogP contribution in [0.25, 0.3) is 10.8 Å². The summed E-state index contributed by atoms with van der Waals surface area (Å²) in [6.07, 6.45) is 0. The molecule has 0 spiro atoms. The number of hydrogen-bond donors (Lipinski definition) is 2. The molecule has 0 atom stereocenters. The second-order valence-electron chi connectivity index (χ2n) is 5.36. The van der Waals surface area contributed by atoms with Crippen LogP contribution in [0.3, 0.4) is 0 Å². The van der Waals surface area contributed by atoms with Crippen molar-refractivity contribution in [3.63, 3.8) is 0 Å². The van der Waals surface area contributed by atoms with Crippen LogP contribution in [0.2, 0.25) is 5.02 Å². The first kappa shape index (κ1) is 20.4. The molecule has 1 radical (unpaired) electrons. The molecule has 0 heterocycles. The average Bonchev–Trinajstić information content (AvgIpc) is 2.62. The second kappa shape index (κ2) is 8.64. The number of carbonyl (C=O) groups excluding carboxylic acids is 1. The number of anilines is 1. The molecule has 0 aliphatic rings. The molecule has 0 saturated heterocycles. The van der Waals surface area contributed by atoms with Crippen LogP contribution in [0, 0.1) is 0 Å². The van der Waals surface area contributed by atoms with Crippen molar-refractivity contribution in [2.75, 3.05) is 19.5 Å². The van der Waals surface area contributed by atoms with Crippen molar-refractivity contribution in [2.24, 2.45) is 0 Å². The molecular formula is C19H16ClNNaO4. The van der Waals surface area contributed by atoms with E-state index in [1.165, 1.54) is 14.2 Å². The van der Waals surface area contributed by atoms with Gasteiger partial charge in [0.1, 0.15) is 17.2 Å². The summed E-state index contributed by atoms with van der Waals surface area (Å²) in [5.41, 5.74) is 0.552. The van der Waals surface area contributed by atoms with E-state index in [0.717, 1.165) is 10.8 Å². The van der Waals surface area contributed by atoms with Crippen molar-refractivity contribution in [1.29, 1.82) is 0 Å². The fourth-order valence-electron chi connectivity index (χ4n) is 2.56. The predicted molar refractivity (Wildman–Crippen MR) is 104 cm³/mol. The van der Waals surface area contributed by atoms with Gasteiger partial charge in [-0.15, -0.1) is 0 Å². The number of phenols is 1. The number of aromatic hydroxyl groups is 1. The number of methoxy groups -OCH3 is 2.